The molecule has 19 heteroatoms. The predicted molar refractivity (Wildman–Crippen MR) is 414 cm³/mol. The van der Waals surface area contributed by atoms with E-state index in [9.17, 15) is 43.2 Å². The van der Waals surface area contributed by atoms with Crippen LogP contribution in [-0.2, 0) is 65.4 Å². The molecule has 0 aliphatic carbocycles. The fraction of sp³-hybridized carbons (Fsp3) is 0.951. The second-order valence-corrected chi connectivity index (χ2v) is 32.9. The lowest BCUT2D eigenvalue weighted by Gasteiger charge is -2.21. The Labute approximate surface area is 619 Å². The summed E-state index contributed by atoms with van der Waals surface area (Å²) in [6, 6.07) is 0. The zero-order chi connectivity index (χ0) is 74.1. The van der Waals surface area contributed by atoms with Crippen molar-refractivity contribution in [1.29, 1.82) is 0 Å². The molecule has 0 heterocycles. The number of rotatable bonds is 82. The minimum Gasteiger partial charge on any atom is -0.462 e. The van der Waals surface area contributed by atoms with E-state index in [1.165, 1.54) is 263 Å². The molecule has 0 aliphatic heterocycles. The van der Waals surface area contributed by atoms with E-state index in [4.69, 9.17) is 37.0 Å². The standard InChI is InChI=1S/C82H160O17P2/c1-6-9-12-15-18-21-24-27-30-32-35-37-40-45-50-55-60-65-79(84)92-71-77(98-82(87)68-63-58-53-47-42-39-36-33-31-28-25-22-19-16-13-10-7-2)73-96-100(88,89)94-69-76(83)70-95-101(90,91)97-74-78(72-93-80(85)66-61-56-51-48-43-44-49-54-59-64-75(4)5)99-81(86)67-62-57-52-46-41-38-34-29-26-23-20-17-14-11-8-3/h75-78,83H,6-74H2,1-5H3,(H,88,89)(H,90,91)/t76-,77-,78-/m1/s1. The molecular weight excluding hydrogens is 1320 g/mol. The molecule has 600 valence electrons. The second kappa shape index (κ2) is 74.9. The number of aliphatic hydroxyl groups is 1. The second-order valence-electron chi connectivity index (χ2n) is 30.0. The average Bonchev–Trinajstić information content (AvgIpc) is 0.922. The number of esters is 4. The number of carbonyl (C=O) groups is 4. The van der Waals surface area contributed by atoms with Crippen molar-refractivity contribution < 1.29 is 80.2 Å². The first-order valence-electron chi connectivity index (χ1n) is 42.6. The smallest absolute Gasteiger partial charge is 0.462 e. The number of phosphoric ester groups is 2. The molecule has 5 atom stereocenters. The molecule has 0 rings (SSSR count). The number of unbranched alkanes of at least 4 members (excludes halogenated alkanes) is 54. The summed E-state index contributed by atoms with van der Waals surface area (Å²) >= 11 is 0. The summed E-state index contributed by atoms with van der Waals surface area (Å²) in [6.45, 7) is 7.33. The topological polar surface area (TPSA) is 237 Å². The number of carbonyl (C=O) groups excluding carboxylic acids is 4. The van der Waals surface area contributed by atoms with E-state index in [-0.39, 0.29) is 25.7 Å². The molecule has 2 unspecified atom stereocenters. The monoisotopic (exact) mass is 1480 g/mol. The Morgan fingerprint density at radius 3 is 0.673 bits per heavy atom. The third-order valence-corrected chi connectivity index (χ3v) is 21.2. The SMILES string of the molecule is CCCCCCCCCCCCCCCCCCCC(=O)OC[C@H](COP(=O)(O)OC[C@@H](O)COP(=O)(O)OC[C@@H](COC(=O)CCCCCCCCCCCC(C)C)OC(=O)CCCCCCCCCCCCCCCCC)OC(=O)CCCCCCCCCCCCCCCCCCC. The van der Waals surface area contributed by atoms with Gasteiger partial charge in [-0.1, -0.05) is 388 Å². The van der Waals surface area contributed by atoms with Gasteiger partial charge in [0, 0.05) is 25.7 Å². The average molecular weight is 1480 g/mol. The van der Waals surface area contributed by atoms with E-state index >= 15 is 0 Å². The summed E-state index contributed by atoms with van der Waals surface area (Å²) in [7, 11) is -9.92. The van der Waals surface area contributed by atoms with Gasteiger partial charge in [-0.3, -0.25) is 37.3 Å². The van der Waals surface area contributed by atoms with Crippen LogP contribution in [0.5, 0.6) is 0 Å². The lowest BCUT2D eigenvalue weighted by atomic mass is 10.0. The Morgan fingerprint density at radius 2 is 0.455 bits per heavy atom. The minimum atomic E-state index is -4.96. The predicted octanol–water partition coefficient (Wildman–Crippen LogP) is 24.8. The Morgan fingerprint density at radius 1 is 0.267 bits per heavy atom. The van der Waals surface area contributed by atoms with E-state index < -0.39 is 97.5 Å². The van der Waals surface area contributed by atoms with Gasteiger partial charge in [0.1, 0.15) is 19.3 Å². The third kappa shape index (κ3) is 76.1. The van der Waals surface area contributed by atoms with Crippen molar-refractivity contribution in [3.63, 3.8) is 0 Å². The van der Waals surface area contributed by atoms with Crippen LogP contribution in [-0.4, -0.2) is 96.7 Å². The first-order chi connectivity index (χ1) is 49.0. The number of aliphatic hydroxyl groups excluding tert-OH is 1. The Bertz CT molecular complexity index is 1930. The molecule has 3 N–H and O–H groups in total. The van der Waals surface area contributed by atoms with Crippen LogP contribution in [0, 0.1) is 5.92 Å². The molecule has 0 aromatic carbocycles. The van der Waals surface area contributed by atoms with E-state index in [0.29, 0.717) is 25.7 Å². The molecule has 17 nitrogen and oxygen atoms in total. The van der Waals surface area contributed by atoms with Crippen LogP contribution in [0.1, 0.15) is 439 Å². The molecule has 0 aromatic heterocycles. The Hall–Kier alpha value is -1.94. The first kappa shape index (κ1) is 99.1. The maximum Gasteiger partial charge on any atom is 0.472 e. The van der Waals surface area contributed by atoms with Gasteiger partial charge in [0.05, 0.1) is 26.4 Å². The highest BCUT2D eigenvalue weighted by atomic mass is 31.2. The highest BCUT2D eigenvalue weighted by Gasteiger charge is 2.30. The van der Waals surface area contributed by atoms with Crippen molar-refractivity contribution in [1.82, 2.24) is 0 Å². The van der Waals surface area contributed by atoms with Crippen molar-refractivity contribution >= 4 is 39.5 Å². The Balaban J connectivity index is 5.26. The number of phosphoric acid groups is 2. The maximum atomic E-state index is 13.1. The lowest BCUT2D eigenvalue weighted by Crippen LogP contribution is -2.30. The molecule has 0 radical (unpaired) electrons. The Kier molecular flexibility index (Phi) is 73.5. The van der Waals surface area contributed by atoms with Gasteiger partial charge in [0.2, 0.25) is 0 Å². The number of ether oxygens (including phenoxy) is 4. The van der Waals surface area contributed by atoms with Gasteiger partial charge in [-0.25, -0.2) is 9.13 Å². The van der Waals surface area contributed by atoms with E-state index in [2.05, 4.69) is 34.6 Å². The van der Waals surface area contributed by atoms with Gasteiger partial charge in [0.25, 0.3) is 0 Å². The molecule has 0 bridgehead atoms. The third-order valence-electron chi connectivity index (χ3n) is 19.3. The highest BCUT2D eigenvalue weighted by Crippen LogP contribution is 2.45. The molecular formula is C82H160O17P2. The molecule has 0 aliphatic rings. The van der Waals surface area contributed by atoms with Gasteiger partial charge in [-0.15, -0.1) is 0 Å². The van der Waals surface area contributed by atoms with Crippen LogP contribution in [0.4, 0.5) is 0 Å². The summed E-state index contributed by atoms with van der Waals surface area (Å²) in [5.74, 6) is -1.36. The summed E-state index contributed by atoms with van der Waals surface area (Å²) in [6.07, 6.45) is 66.5. The van der Waals surface area contributed by atoms with E-state index in [1.54, 1.807) is 0 Å². The van der Waals surface area contributed by atoms with E-state index in [1.807, 2.05) is 0 Å². The molecule has 0 amide bonds. The van der Waals surface area contributed by atoms with Crippen LogP contribution in [0.15, 0.2) is 0 Å². The molecule has 0 saturated carbocycles. The summed E-state index contributed by atoms with van der Waals surface area (Å²) in [5.41, 5.74) is 0. The first-order valence-corrected chi connectivity index (χ1v) is 45.6. The summed E-state index contributed by atoms with van der Waals surface area (Å²) < 4.78 is 68.8. The van der Waals surface area contributed by atoms with Crippen LogP contribution >= 0.6 is 15.6 Å². The molecule has 101 heavy (non-hydrogen) atoms. The van der Waals surface area contributed by atoms with Crippen molar-refractivity contribution in [3.8, 4) is 0 Å². The molecule has 0 saturated heterocycles. The summed E-state index contributed by atoms with van der Waals surface area (Å²) in [5, 5.41) is 10.7. The van der Waals surface area contributed by atoms with Gasteiger partial charge in [0.15, 0.2) is 12.2 Å². The zero-order valence-corrected chi connectivity index (χ0v) is 67.8. The van der Waals surface area contributed by atoms with Crippen LogP contribution in [0.2, 0.25) is 0 Å². The lowest BCUT2D eigenvalue weighted by molar-refractivity contribution is -0.161. The van der Waals surface area contributed by atoms with Gasteiger partial charge < -0.3 is 33.8 Å². The van der Waals surface area contributed by atoms with Crippen LogP contribution < -0.4 is 0 Å². The van der Waals surface area contributed by atoms with Crippen molar-refractivity contribution in [3.05, 3.63) is 0 Å². The maximum absolute atomic E-state index is 13.1. The van der Waals surface area contributed by atoms with Crippen LogP contribution in [0.3, 0.4) is 0 Å². The van der Waals surface area contributed by atoms with Crippen molar-refractivity contribution in [2.45, 2.75) is 457 Å². The fourth-order valence-corrected chi connectivity index (χ4v) is 14.3. The van der Waals surface area contributed by atoms with Crippen molar-refractivity contribution in [2.24, 2.45) is 5.92 Å². The molecule has 0 aromatic rings. The van der Waals surface area contributed by atoms with Gasteiger partial charge in [-0.2, -0.15) is 0 Å². The minimum absolute atomic E-state index is 0.108. The van der Waals surface area contributed by atoms with Crippen molar-refractivity contribution in [2.75, 3.05) is 39.6 Å². The number of hydrogen-bond donors (Lipinski definition) is 3. The quantitative estimate of drug-likeness (QED) is 0.0222. The molecule has 0 spiro atoms. The normalized spacial score (nSPS) is 13.8. The highest BCUT2D eigenvalue weighted by molar-refractivity contribution is 7.47. The fourth-order valence-electron chi connectivity index (χ4n) is 12.8. The van der Waals surface area contributed by atoms with Gasteiger partial charge in [-0.05, 0) is 31.6 Å². The van der Waals surface area contributed by atoms with E-state index in [0.717, 1.165) is 95.8 Å². The number of hydrogen-bond acceptors (Lipinski definition) is 15. The molecule has 0 fully saturated rings. The summed E-state index contributed by atoms with van der Waals surface area (Å²) in [4.78, 5) is 73.1. The van der Waals surface area contributed by atoms with Crippen LogP contribution in [0.25, 0.3) is 0 Å². The zero-order valence-electron chi connectivity index (χ0n) is 66.1. The largest absolute Gasteiger partial charge is 0.472 e. The van der Waals surface area contributed by atoms with Gasteiger partial charge >= 0.3 is 39.5 Å².